The van der Waals surface area contributed by atoms with Gasteiger partial charge in [-0.3, -0.25) is 4.79 Å². The number of ether oxygens (including phenoxy) is 2. The lowest BCUT2D eigenvalue weighted by atomic mass is 10.0. The molecule has 4 rings (SSSR count). The summed E-state index contributed by atoms with van der Waals surface area (Å²) in [7, 11) is 0. The molecule has 2 aromatic carbocycles. The van der Waals surface area contributed by atoms with Gasteiger partial charge >= 0.3 is 0 Å². The first-order valence-electron chi connectivity index (χ1n) is 9.45. The van der Waals surface area contributed by atoms with Crippen molar-refractivity contribution >= 4 is 17.4 Å². The summed E-state index contributed by atoms with van der Waals surface area (Å²) in [4.78, 5) is 20.9. The molecule has 0 atom stereocenters. The van der Waals surface area contributed by atoms with Crippen LogP contribution in [0, 0.1) is 0 Å². The fourth-order valence-corrected chi connectivity index (χ4v) is 3.13. The van der Waals surface area contributed by atoms with E-state index < -0.39 is 0 Å². The molecule has 0 unspecified atom stereocenters. The van der Waals surface area contributed by atoms with Gasteiger partial charge in [0.25, 0.3) is 5.91 Å². The van der Waals surface area contributed by atoms with Gasteiger partial charge in [0.1, 0.15) is 17.8 Å². The van der Waals surface area contributed by atoms with Crippen molar-refractivity contribution in [2.24, 2.45) is 0 Å². The smallest absolute Gasteiger partial charge is 0.270 e. The van der Waals surface area contributed by atoms with E-state index in [1.807, 2.05) is 36.4 Å². The SMILES string of the molecule is CC(C)c1ccccc1Nc1cc(C(=O)NCc2ccc3c(c2)OCO3)ncn1. The molecule has 0 aliphatic carbocycles. The summed E-state index contributed by atoms with van der Waals surface area (Å²) in [5.74, 6) is 2.07. The molecular weight excluding hydrogens is 368 g/mol. The topological polar surface area (TPSA) is 85.4 Å². The quantitative estimate of drug-likeness (QED) is 0.662. The maximum Gasteiger partial charge on any atom is 0.270 e. The number of fused-ring (bicyclic) bond motifs is 1. The number of aromatic nitrogens is 2. The Labute approximate surface area is 169 Å². The van der Waals surface area contributed by atoms with Gasteiger partial charge in [-0.15, -0.1) is 0 Å². The van der Waals surface area contributed by atoms with E-state index in [1.165, 1.54) is 11.9 Å². The molecule has 29 heavy (non-hydrogen) atoms. The Morgan fingerprint density at radius 3 is 2.76 bits per heavy atom. The molecule has 7 nitrogen and oxygen atoms in total. The molecule has 1 aromatic heterocycles. The lowest BCUT2D eigenvalue weighted by Gasteiger charge is -2.14. The van der Waals surface area contributed by atoms with E-state index in [4.69, 9.17) is 9.47 Å². The van der Waals surface area contributed by atoms with E-state index in [0.717, 1.165) is 11.3 Å². The standard InChI is InChI=1S/C22H22N4O3/c1-14(2)16-5-3-4-6-17(16)26-21-10-18(24-12-25-21)22(27)23-11-15-7-8-19-20(9-15)29-13-28-19/h3-10,12,14H,11,13H2,1-2H3,(H,23,27)(H,24,25,26). The van der Waals surface area contributed by atoms with Crippen molar-refractivity contribution in [3.8, 4) is 11.5 Å². The molecule has 3 aromatic rings. The predicted molar refractivity (Wildman–Crippen MR) is 110 cm³/mol. The van der Waals surface area contributed by atoms with Crippen molar-refractivity contribution in [2.75, 3.05) is 12.1 Å². The number of nitrogens with zero attached hydrogens (tertiary/aromatic N) is 2. The van der Waals surface area contributed by atoms with E-state index in [0.29, 0.717) is 35.5 Å². The van der Waals surface area contributed by atoms with Crippen molar-refractivity contribution in [3.05, 3.63) is 71.7 Å². The zero-order chi connectivity index (χ0) is 20.2. The molecule has 0 saturated carbocycles. The third-order valence-corrected chi connectivity index (χ3v) is 4.64. The van der Waals surface area contributed by atoms with Gasteiger partial charge < -0.3 is 20.1 Å². The van der Waals surface area contributed by atoms with Gasteiger partial charge in [-0.2, -0.15) is 0 Å². The molecule has 2 heterocycles. The normalized spacial score (nSPS) is 12.1. The van der Waals surface area contributed by atoms with Gasteiger partial charge in [-0.05, 0) is 35.2 Å². The van der Waals surface area contributed by atoms with E-state index in [-0.39, 0.29) is 12.7 Å². The third kappa shape index (κ3) is 4.29. The summed E-state index contributed by atoms with van der Waals surface area (Å²) in [6.07, 6.45) is 1.38. The molecule has 1 aliphatic heterocycles. The fraction of sp³-hybridized carbons (Fsp3) is 0.227. The van der Waals surface area contributed by atoms with E-state index in [1.54, 1.807) is 6.07 Å². The highest BCUT2D eigenvalue weighted by molar-refractivity contribution is 5.93. The summed E-state index contributed by atoms with van der Waals surface area (Å²) < 4.78 is 10.7. The first-order chi connectivity index (χ1) is 14.1. The van der Waals surface area contributed by atoms with Crippen molar-refractivity contribution in [1.82, 2.24) is 15.3 Å². The van der Waals surface area contributed by atoms with Gasteiger partial charge in [0, 0.05) is 18.3 Å². The van der Waals surface area contributed by atoms with Crippen LogP contribution in [0.25, 0.3) is 0 Å². The summed E-state index contributed by atoms with van der Waals surface area (Å²) in [6.45, 7) is 4.85. The van der Waals surface area contributed by atoms with Crippen LogP contribution in [0.5, 0.6) is 11.5 Å². The Morgan fingerprint density at radius 2 is 1.90 bits per heavy atom. The minimum Gasteiger partial charge on any atom is -0.454 e. The molecule has 0 fully saturated rings. The number of carbonyl (C=O) groups excluding carboxylic acids is 1. The van der Waals surface area contributed by atoms with Gasteiger partial charge in [0.05, 0.1) is 0 Å². The number of hydrogen-bond acceptors (Lipinski definition) is 6. The molecule has 0 spiro atoms. The summed E-state index contributed by atoms with van der Waals surface area (Å²) >= 11 is 0. The number of hydrogen-bond donors (Lipinski definition) is 2. The fourth-order valence-electron chi connectivity index (χ4n) is 3.13. The molecule has 1 aliphatic rings. The highest BCUT2D eigenvalue weighted by atomic mass is 16.7. The number of anilines is 2. The molecular formula is C22H22N4O3. The van der Waals surface area contributed by atoms with Gasteiger partial charge in [-0.1, -0.05) is 38.1 Å². The van der Waals surface area contributed by atoms with Gasteiger partial charge in [0.2, 0.25) is 6.79 Å². The second kappa shape index (κ2) is 8.18. The number of amides is 1. The molecule has 0 saturated heterocycles. The molecule has 0 radical (unpaired) electrons. The molecule has 2 N–H and O–H groups in total. The Bertz CT molecular complexity index is 1040. The molecule has 0 bridgehead atoms. The summed E-state index contributed by atoms with van der Waals surface area (Å²) in [6, 6.07) is 15.3. The Kier molecular flexibility index (Phi) is 5.29. The van der Waals surface area contributed by atoms with Crippen molar-refractivity contribution < 1.29 is 14.3 Å². The van der Waals surface area contributed by atoms with Crippen LogP contribution in [0.15, 0.2) is 54.9 Å². The van der Waals surface area contributed by atoms with Crippen molar-refractivity contribution in [3.63, 3.8) is 0 Å². The van der Waals surface area contributed by atoms with E-state index >= 15 is 0 Å². The van der Waals surface area contributed by atoms with Crippen LogP contribution in [-0.4, -0.2) is 22.7 Å². The predicted octanol–water partition coefficient (Wildman–Crippen LogP) is 4.00. The van der Waals surface area contributed by atoms with Crippen LogP contribution in [0.2, 0.25) is 0 Å². The number of benzene rings is 2. The van der Waals surface area contributed by atoms with Crippen LogP contribution in [0.3, 0.4) is 0 Å². The molecule has 1 amide bonds. The van der Waals surface area contributed by atoms with Crippen LogP contribution < -0.4 is 20.1 Å². The lowest BCUT2D eigenvalue weighted by Crippen LogP contribution is -2.24. The average Bonchev–Trinajstić information content (AvgIpc) is 3.20. The maximum absolute atomic E-state index is 12.5. The van der Waals surface area contributed by atoms with Gasteiger partial charge in [-0.25, -0.2) is 9.97 Å². The van der Waals surface area contributed by atoms with Crippen molar-refractivity contribution in [2.45, 2.75) is 26.3 Å². The second-order valence-electron chi connectivity index (χ2n) is 7.03. The highest BCUT2D eigenvalue weighted by Crippen LogP contribution is 2.32. The molecule has 148 valence electrons. The van der Waals surface area contributed by atoms with Gasteiger partial charge in [0.15, 0.2) is 11.5 Å². The maximum atomic E-state index is 12.5. The number of rotatable bonds is 6. The zero-order valence-electron chi connectivity index (χ0n) is 16.3. The van der Waals surface area contributed by atoms with E-state index in [9.17, 15) is 4.79 Å². The first-order valence-corrected chi connectivity index (χ1v) is 9.45. The number of nitrogens with one attached hydrogen (secondary N) is 2. The number of para-hydroxylation sites is 1. The van der Waals surface area contributed by atoms with Crippen LogP contribution in [-0.2, 0) is 6.54 Å². The lowest BCUT2D eigenvalue weighted by molar-refractivity contribution is 0.0945. The monoisotopic (exact) mass is 390 g/mol. The minimum absolute atomic E-state index is 0.224. The van der Waals surface area contributed by atoms with Crippen LogP contribution >= 0.6 is 0 Å². The zero-order valence-corrected chi connectivity index (χ0v) is 16.3. The average molecular weight is 390 g/mol. The summed E-state index contributed by atoms with van der Waals surface area (Å²) in [5, 5.41) is 6.16. The Balaban J connectivity index is 1.44. The van der Waals surface area contributed by atoms with Crippen molar-refractivity contribution in [1.29, 1.82) is 0 Å². The minimum atomic E-state index is -0.273. The van der Waals surface area contributed by atoms with E-state index in [2.05, 4.69) is 40.5 Å². The highest BCUT2D eigenvalue weighted by Gasteiger charge is 2.14. The summed E-state index contributed by atoms with van der Waals surface area (Å²) in [5.41, 5.74) is 3.36. The third-order valence-electron chi connectivity index (χ3n) is 4.64. The number of carbonyl (C=O) groups is 1. The second-order valence-corrected chi connectivity index (χ2v) is 7.03. The molecule has 7 heteroatoms. The Morgan fingerprint density at radius 1 is 1.07 bits per heavy atom. The van der Waals surface area contributed by atoms with Crippen LogP contribution in [0.1, 0.15) is 41.4 Å². The first kappa shape index (κ1) is 18.7. The Hall–Kier alpha value is -3.61. The largest absolute Gasteiger partial charge is 0.454 e. The van der Waals surface area contributed by atoms with Crippen LogP contribution in [0.4, 0.5) is 11.5 Å².